The van der Waals surface area contributed by atoms with E-state index in [-0.39, 0.29) is 11.7 Å². The van der Waals surface area contributed by atoms with Gasteiger partial charge in [-0.05, 0) is 87.9 Å². The van der Waals surface area contributed by atoms with Gasteiger partial charge in [-0.15, -0.1) is 0 Å². The molecular weight excluding hydrogens is 668 g/mol. The van der Waals surface area contributed by atoms with Crippen molar-refractivity contribution in [3.8, 4) is 11.6 Å². The molecule has 2 aliphatic rings. The van der Waals surface area contributed by atoms with Crippen molar-refractivity contribution >= 4 is 33.3 Å². The van der Waals surface area contributed by atoms with Gasteiger partial charge in [-0.25, -0.2) is 27.0 Å². The first-order chi connectivity index (χ1) is 23.9. The minimum Gasteiger partial charge on any atom is -0.439 e. The second-order valence-corrected chi connectivity index (χ2v) is 14.6. The van der Waals surface area contributed by atoms with Gasteiger partial charge >= 0.3 is 6.03 Å². The predicted molar refractivity (Wildman–Crippen MR) is 187 cm³/mol. The number of primary amides is 1. The van der Waals surface area contributed by atoms with E-state index in [1.165, 1.54) is 0 Å². The van der Waals surface area contributed by atoms with Crippen LogP contribution in [0.2, 0.25) is 0 Å². The predicted octanol–water partition coefficient (Wildman–Crippen LogP) is 5.70. The molecule has 3 heterocycles. The number of sulfonamides is 1. The molecule has 15 heteroatoms. The number of nitrogens with zero attached hydrogens (tertiary/aromatic N) is 3. The molecule has 1 aromatic heterocycles. The molecule has 2 aliphatic heterocycles. The molecular formula is C35H45F2N7O5S. The van der Waals surface area contributed by atoms with Gasteiger partial charge in [0.25, 0.3) is 5.91 Å². The third kappa shape index (κ3) is 9.46. The molecule has 1 unspecified atom stereocenters. The van der Waals surface area contributed by atoms with Gasteiger partial charge in [0.15, 0.2) is 0 Å². The number of pyridine rings is 1. The second kappa shape index (κ2) is 16.6. The Hall–Kier alpha value is -4.34. The lowest BCUT2D eigenvalue weighted by molar-refractivity contribution is 0.0996. The summed E-state index contributed by atoms with van der Waals surface area (Å²) in [5.74, 6) is -2.18. The highest BCUT2D eigenvalue weighted by Crippen LogP contribution is 2.27. The minimum absolute atomic E-state index is 0.0856. The van der Waals surface area contributed by atoms with E-state index in [1.54, 1.807) is 35.2 Å². The summed E-state index contributed by atoms with van der Waals surface area (Å²) in [5, 5.41) is 4.98. The number of benzene rings is 2. The van der Waals surface area contributed by atoms with Crippen LogP contribution in [0.3, 0.4) is 0 Å². The van der Waals surface area contributed by atoms with E-state index in [2.05, 4.69) is 25.2 Å². The number of nitrogens with one attached hydrogen (secondary N) is 3. The molecule has 2 saturated heterocycles. The van der Waals surface area contributed by atoms with Crippen molar-refractivity contribution in [1.29, 1.82) is 0 Å². The standard InChI is InChI=1S/C35H45F2N7O5S/c1-3-4-17-44(35(46)41-31-20-28(34(38)45)29(36)21-30(31)37)26-14-18-43(19-15-26)22-24-8-13-32(40-23(24)2)49-27-11-9-25(10-12-27)42-50(47,48)33-7-5-6-16-39-33/h8-13,20-21,26,33,39,42H,3-7,14-19,22H2,1-2H3,(H2,38,45)(H,41,46). The quantitative estimate of drug-likeness (QED) is 0.176. The summed E-state index contributed by atoms with van der Waals surface area (Å²) in [5.41, 5.74) is 6.72. The molecule has 50 heavy (non-hydrogen) atoms. The zero-order chi connectivity index (χ0) is 35.8. The van der Waals surface area contributed by atoms with Crippen LogP contribution < -0.4 is 25.8 Å². The van der Waals surface area contributed by atoms with Gasteiger partial charge < -0.3 is 20.7 Å². The maximum atomic E-state index is 14.5. The van der Waals surface area contributed by atoms with Crippen LogP contribution in [0.5, 0.6) is 11.6 Å². The second-order valence-electron chi connectivity index (χ2n) is 12.8. The van der Waals surface area contributed by atoms with Gasteiger partial charge in [0.2, 0.25) is 15.9 Å². The third-order valence-electron chi connectivity index (χ3n) is 9.12. The topological polar surface area (TPSA) is 159 Å². The molecule has 270 valence electrons. The van der Waals surface area contributed by atoms with Crippen LogP contribution in [0.4, 0.5) is 25.0 Å². The van der Waals surface area contributed by atoms with E-state index < -0.39 is 44.5 Å². The number of piperidine rings is 2. The van der Waals surface area contributed by atoms with Gasteiger partial charge in [-0.3, -0.25) is 19.7 Å². The Morgan fingerprint density at radius 1 is 1.06 bits per heavy atom. The Morgan fingerprint density at radius 2 is 1.80 bits per heavy atom. The van der Waals surface area contributed by atoms with Crippen molar-refractivity contribution in [3.63, 3.8) is 0 Å². The Bertz CT molecular complexity index is 1760. The fourth-order valence-electron chi connectivity index (χ4n) is 6.25. The fourth-order valence-corrected chi connectivity index (χ4v) is 7.67. The van der Waals surface area contributed by atoms with Crippen molar-refractivity contribution in [2.45, 2.75) is 76.8 Å². The number of aryl methyl sites for hydroxylation is 1. The fraction of sp³-hybridized carbons (Fsp3) is 0.457. The Morgan fingerprint density at radius 3 is 2.44 bits per heavy atom. The van der Waals surface area contributed by atoms with Crippen molar-refractivity contribution in [3.05, 3.63) is 77.0 Å². The molecule has 1 atom stereocenters. The van der Waals surface area contributed by atoms with E-state index in [0.29, 0.717) is 62.3 Å². The lowest BCUT2D eigenvalue weighted by Gasteiger charge is -2.38. The number of carbonyl (C=O) groups excluding carboxylic acids is 2. The molecule has 3 aromatic rings. The molecule has 0 bridgehead atoms. The van der Waals surface area contributed by atoms with E-state index in [0.717, 1.165) is 56.1 Å². The number of likely N-dealkylation sites (tertiary alicyclic amines) is 1. The number of aromatic nitrogens is 1. The molecule has 0 spiro atoms. The maximum absolute atomic E-state index is 14.5. The highest BCUT2D eigenvalue weighted by molar-refractivity contribution is 7.93. The summed E-state index contributed by atoms with van der Waals surface area (Å²) in [6.07, 6.45) is 5.45. The van der Waals surface area contributed by atoms with Gasteiger partial charge in [0.05, 0.1) is 11.3 Å². The van der Waals surface area contributed by atoms with Crippen LogP contribution in [0.1, 0.15) is 73.5 Å². The lowest BCUT2D eigenvalue weighted by atomic mass is 10.0. The maximum Gasteiger partial charge on any atom is 0.322 e. The summed E-state index contributed by atoms with van der Waals surface area (Å²) in [6, 6.07) is 11.4. The lowest BCUT2D eigenvalue weighted by Crippen LogP contribution is -2.49. The molecule has 12 nitrogen and oxygen atoms in total. The number of unbranched alkanes of at least 4 members (excludes halogenated alkanes) is 1. The van der Waals surface area contributed by atoms with E-state index in [9.17, 15) is 26.8 Å². The van der Waals surface area contributed by atoms with E-state index in [1.807, 2.05) is 19.9 Å². The zero-order valence-electron chi connectivity index (χ0n) is 28.4. The van der Waals surface area contributed by atoms with Crippen LogP contribution >= 0.6 is 0 Å². The first kappa shape index (κ1) is 36.9. The SMILES string of the molecule is CCCCN(C(=O)Nc1cc(C(N)=O)c(F)cc1F)C1CCN(Cc2ccc(Oc3ccc(NS(=O)(=O)C4CCCCN4)cc3)nc2C)CC1. The highest BCUT2D eigenvalue weighted by Gasteiger charge is 2.29. The van der Waals surface area contributed by atoms with Gasteiger partial charge in [-0.2, -0.15) is 0 Å². The molecule has 0 saturated carbocycles. The van der Waals surface area contributed by atoms with E-state index >= 15 is 0 Å². The number of halogens is 2. The van der Waals surface area contributed by atoms with Crippen LogP contribution in [-0.4, -0.2) is 72.7 Å². The first-order valence-corrected chi connectivity index (χ1v) is 18.6. The number of carbonyl (C=O) groups is 2. The largest absolute Gasteiger partial charge is 0.439 e. The van der Waals surface area contributed by atoms with Gasteiger partial charge in [-0.1, -0.05) is 19.4 Å². The van der Waals surface area contributed by atoms with Crippen LogP contribution in [0.15, 0.2) is 48.5 Å². The normalized spacial score (nSPS) is 17.2. The highest BCUT2D eigenvalue weighted by atomic mass is 32.2. The third-order valence-corrected chi connectivity index (χ3v) is 10.8. The number of hydrogen-bond acceptors (Lipinski definition) is 8. The zero-order valence-corrected chi connectivity index (χ0v) is 29.2. The van der Waals surface area contributed by atoms with Crippen molar-refractivity contribution in [1.82, 2.24) is 20.1 Å². The molecule has 5 N–H and O–H groups in total. The minimum atomic E-state index is -3.54. The monoisotopic (exact) mass is 713 g/mol. The van der Waals surface area contributed by atoms with Gasteiger partial charge in [0.1, 0.15) is 22.8 Å². The Balaban J connectivity index is 1.14. The number of ether oxygens (including phenoxy) is 1. The van der Waals surface area contributed by atoms with Crippen molar-refractivity contribution < 1.29 is 31.5 Å². The summed E-state index contributed by atoms with van der Waals surface area (Å²) in [4.78, 5) is 33.5. The smallest absolute Gasteiger partial charge is 0.322 e. The molecule has 0 aliphatic carbocycles. The number of urea groups is 1. The number of anilines is 2. The average molecular weight is 714 g/mol. The molecule has 0 radical (unpaired) electrons. The molecule has 2 aromatic carbocycles. The summed E-state index contributed by atoms with van der Waals surface area (Å²) in [7, 11) is -3.54. The summed E-state index contributed by atoms with van der Waals surface area (Å²) >= 11 is 0. The first-order valence-electron chi connectivity index (χ1n) is 17.0. The summed E-state index contributed by atoms with van der Waals surface area (Å²) in [6.45, 7) is 7.20. The Kier molecular flexibility index (Phi) is 12.2. The average Bonchev–Trinajstić information content (AvgIpc) is 3.09. The van der Waals surface area contributed by atoms with Crippen LogP contribution in [0.25, 0.3) is 0 Å². The number of rotatable bonds is 13. The van der Waals surface area contributed by atoms with Crippen molar-refractivity contribution in [2.75, 3.05) is 36.2 Å². The van der Waals surface area contributed by atoms with Crippen molar-refractivity contribution in [2.24, 2.45) is 5.73 Å². The van der Waals surface area contributed by atoms with Crippen LogP contribution in [0, 0.1) is 18.6 Å². The molecule has 2 fully saturated rings. The molecule has 5 rings (SSSR count). The molecule has 3 amide bonds. The van der Waals surface area contributed by atoms with E-state index in [4.69, 9.17) is 10.5 Å². The van der Waals surface area contributed by atoms with Gasteiger partial charge in [0, 0.05) is 55.7 Å². The Labute approximate surface area is 291 Å². The van der Waals surface area contributed by atoms with Crippen LogP contribution in [-0.2, 0) is 16.6 Å². The number of hydrogen-bond donors (Lipinski definition) is 4. The number of nitrogens with two attached hydrogens (primary N) is 1. The summed E-state index contributed by atoms with van der Waals surface area (Å²) < 4.78 is 62.4. The number of amides is 3.